The second-order valence-corrected chi connectivity index (χ2v) is 4.52. The van der Waals surface area contributed by atoms with Gasteiger partial charge in [0.15, 0.2) is 0 Å². The van der Waals surface area contributed by atoms with Gasteiger partial charge in [0.05, 0.1) is 17.0 Å². The van der Waals surface area contributed by atoms with Gasteiger partial charge >= 0.3 is 5.97 Å². The smallest absolute Gasteiger partial charge is 0.310 e. The highest BCUT2D eigenvalue weighted by atomic mass is 16.4. The highest BCUT2D eigenvalue weighted by Gasteiger charge is 2.34. The first-order chi connectivity index (χ1) is 8.13. The van der Waals surface area contributed by atoms with Crippen LogP contribution in [0.25, 0.3) is 11.0 Å². The SMILES string of the molecule is Cc1ccc2nc(N3CC(C(=O)O)C3)[nH]c2c1. The Kier molecular flexibility index (Phi) is 2.07. The van der Waals surface area contributed by atoms with E-state index in [9.17, 15) is 4.79 Å². The van der Waals surface area contributed by atoms with Crippen LogP contribution < -0.4 is 4.90 Å². The van der Waals surface area contributed by atoms with Gasteiger partial charge in [-0.2, -0.15) is 0 Å². The number of nitrogens with zero attached hydrogens (tertiary/aromatic N) is 2. The Morgan fingerprint density at radius 2 is 2.29 bits per heavy atom. The van der Waals surface area contributed by atoms with Crippen LogP contribution in [0.3, 0.4) is 0 Å². The van der Waals surface area contributed by atoms with Crippen molar-refractivity contribution in [1.29, 1.82) is 0 Å². The minimum Gasteiger partial charge on any atom is -0.481 e. The summed E-state index contributed by atoms with van der Waals surface area (Å²) < 4.78 is 0. The zero-order chi connectivity index (χ0) is 12.0. The van der Waals surface area contributed by atoms with E-state index in [4.69, 9.17) is 5.11 Å². The van der Waals surface area contributed by atoms with Crippen molar-refractivity contribution in [2.75, 3.05) is 18.0 Å². The van der Waals surface area contributed by atoms with Crippen LogP contribution in [-0.4, -0.2) is 34.1 Å². The Morgan fingerprint density at radius 1 is 1.53 bits per heavy atom. The fourth-order valence-corrected chi connectivity index (χ4v) is 2.07. The van der Waals surface area contributed by atoms with E-state index in [1.807, 2.05) is 30.0 Å². The number of H-pyrrole nitrogens is 1. The van der Waals surface area contributed by atoms with Crippen LogP contribution in [0.2, 0.25) is 0 Å². The van der Waals surface area contributed by atoms with Crippen LogP contribution in [0.15, 0.2) is 18.2 Å². The summed E-state index contributed by atoms with van der Waals surface area (Å²) in [7, 11) is 0. The molecule has 0 unspecified atom stereocenters. The highest BCUT2D eigenvalue weighted by molar-refractivity contribution is 5.79. The van der Waals surface area contributed by atoms with Gasteiger partial charge in [0.1, 0.15) is 0 Å². The van der Waals surface area contributed by atoms with E-state index in [1.165, 1.54) is 5.56 Å². The first kappa shape index (κ1) is 10.1. The number of carboxylic acids is 1. The molecule has 0 spiro atoms. The maximum atomic E-state index is 10.7. The lowest BCUT2D eigenvalue weighted by molar-refractivity contribution is -0.142. The first-order valence-electron chi connectivity index (χ1n) is 5.57. The fourth-order valence-electron chi connectivity index (χ4n) is 2.07. The lowest BCUT2D eigenvalue weighted by Crippen LogP contribution is -2.50. The van der Waals surface area contributed by atoms with Crippen molar-refractivity contribution in [3.8, 4) is 0 Å². The molecule has 5 nitrogen and oxygen atoms in total. The third kappa shape index (κ3) is 1.63. The van der Waals surface area contributed by atoms with Gasteiger partial charge in [-0.3, -0.25) is 4.79 Å². The molecule has 0 bridgehead atoms. The van der Waals surface area contributed by atoms with Gasteiger partial charge in [-0.1, -0.05) is 6.07 Å². The summed E-state index contributed by atoms with van der Waals surface area (Å²) in [6.45, 7) is 3.10. The van der Waals surface area contributed by atoms with Gasteiger partial charge in [-0.05, 0) is 24.6 Å². The number of fused-ring (bicyclic) bond motifs is 1. The molecule has 1 saturated heterocycles. The molecule has 2 N–H and O–H groups in total. The van der Waals surface area contributed by atoms with E-state index < -0.39 is 5.97 Å². The van der Waals surface area contributed by atoms with Crippen molar-refractivity contribution in [1.82, 2.24) is 9.97 Å². The van der Waals surface area contributed by atoms with E-state index in [0.29, 0.717) is 13.1 Å². The molecule has 88 valence electrons. The summed E-state index contributed by atoms with van der Waals surface area (Å²) in [5, 5.41) is 8.82. The number of aryl methyl sites for hydroxylation is 1. The highest BCUT2D eigenvalue weighted by Crippen LogP contribution is 2.24. The van der Waals surface area contributed by atoms with Crippen LogP contribution in [0.5, 0.6) is 0 Å². The van der Waals surface area contributed by atoms with Gasteiger partial charge in [0, 0.05) is 13.1 Å². The standard InChI is InChI=1S/C12H13N3O2/c1-7-2-3-9-10(4-7)14-12(13-9)15-5-8(6-15)11(16)17/h2-4,8H,5-6H2,1H3,(H,13,14)(H,16,17). The van der Waals surface area contributed by atoms with E-state index in [-0.39, 0.29) is 5.92 Å². The van der Waals surface area contributed by atoms with Crippen molar-refractivity contribution >= 4 is 23.0 Å². The second-order valence-electron chi connectivity index (χ2n) is 4.52. The van der Waals surface area contributed by atoms with Crippen molar-refractivity contribution in [2.24, 2.45) is 5.92 Å². The third-order valence-electron chi connectivity index (χ3n) is 3.16. The number of carboxylic acid groups (broad SMARTS) is 1. The summed E-state index contributed by atoms with van der Waals surface area (Å²) in [5.74, 6) is -0.221. The molecule has 5 heteroatoms. The number of hydrogen-bond acceptors (Lipinski definition) is 3. The molecular formula is C12H13N3O2. The van der Waals surface area contributed by atoms with E-state index in [0.717, 1.165) is 17.0 Å². The number of hydrogen-bond donors (Lipinski definition) is 2. The molecule has 1 aliphatic rings. The molecule has 1 fully saturated rings. The van der Waals surface area contributed by atoms with Crippen molar-refractivity contribution in [3.63, 3.8) is 0 Å². The lowest BCUT2D eigenvalue weighted by atomic mass is 10.0. The molecule has 0 saturated carbocycles. The molecule has 1 aliphatic heterocycles. The Balaban J connectivity index is 1.85. The predicted octanol–water partition coefficient (Wildman–Crippen LogP) is 1.39. The largest absolute Gasteiger partial charge is 0.481 e. The van der Waals surface area contributed by atoms with Gasteiger partial charge in [0.25, 0.3) is 0 Å². The molecule has 0 aliphatic carbocycles. The minimum absolute atomic E-state index is 0.259. The molecule has 0 radical (unpaired) electrons. The van der Waals surface area contributed by atoms with Gasteiger partial charge in [-0.25, -0.2) is 4.98 Å². The summed E-state index contributed by atoms with van der Waals surface area (Å²) in [5.41, 5.74) is 3.10. The van der Waals surface area contributed by atoms with Crippen molar-refractivity contribution in [2.45, 2.75) is 6.92 Å². The van der Waals surface area contributed by atoms with Crippen molar-refractivity contribution < 1.29 is 9.90 Å². The van der Waals surface area contributed by atoms with Gasteiger partial charge < -0.3 is 15.0 Å². The number of benzene rings is 1. The normalized spacial score (nSPS) is 16.2. The number of imidazole rings is 1. The Bertz CT molecular complexity index is 584. The van der Waals surface area contributed by atoms with Crippen LogP contribution >= 0.6 is 0 Å². The molecule has 1 aromatic heterocycles. The van der Waals surface area contributed by atoms with Gasteiger partial charge in [-0.15, -0.1) is 0 Å². The number of rotatable bonds is 2. The predicted molar refractivity (Wildman–Crippen MR) is 64.2 cm³/mol. The van der Waals surface area contributed by atoms with Crippen molar-refractivity contribution in [3.05, 3.63) is 23.8 Å². The average molecular weight is 231 g/mol. The lowest BCUT2D eigenvalue weighted by Gasteiger charge is -2.36. The zero-order valence-electron chi connectivity index (χ0n) is 9.47. The summed E-state index contributed by atoms with van der Waals surface area (Å²) in [6, 6.07) is 6.03. The zero-order valence-corrected chi connectivity index (χ0v) is 9.47. The van der Waals surface area contributed by atoms with E-state index >= 15 is 0 Å². The van der Waals surface area contributed by atoms with Crippen LogP contribution in [-0.2, 0) is 4.79 Å². The first-order valence-corrected chi connectivity index (χ1v) is 5.57. The molecule has 0 amide bonds. The number of anilines is 1. The molecule has 2 aromatic rings. The van der Waals surface area contributed by atoms with E-state index in [1.54, 1.807) is 0 Å². The Labute approximate surface area is 98.1 Å². The molecule has 0 atom stereocenters. The Hall–Kier alpha value is -2.04. The Morgan fingerprint density at radius 3 is 3.00 bits per heavy atom. The van der Waals surface area contributed by atoms with Crippen LogP contribution in [0.4, 0.5) is 5.95 Å². The molecule has 2 heterocycles. The summed E-state index contributed by atoms with van der Waals surface area (Å²) in [6.07, 6.45) is 0. The summed E-state index contributed by atoms with van der Waals surface area (Å²) in [4.78, 5) is 20.3. The quantitative estimate of drug-likeness (QED) is 0.819. The van der Waals surface area contributed by atoms with Gasteiger partial charge in [0.2, 0.25) is 5.95 Å². The number of carbonyl (C=O) groups is 1. The maximum absolute atomic E-state index is 10.7. The van der Waals surface area contributed by atoms with Crippen LogP contribution in [0.1, 0.15) is 5.56 Å². The van der Waals surface area contributed by atoms with Crippen LogP contribution in [0, 0.1) is 12.8 Å². The molecular weight excluding hydrogens is 218 g/mol. The number of aromatic nitrogens is 2. The topological polar surface area (TPSA) is 69.2 Å². The number of nitrogens with one attached hydrogen (secondary N) is 1. The monoisotopic (exact) mass is 231 g/mol. The molecule has 17 heavy (non-hydrogen) atoms. The summed E-state index contributed by atoms with van der Waals surface area (Å²) >= 11 is 0. The minimum atomic E-state index is -0.729. The molecule has 3 rings (SSSR count). The second kappa shape index (κ2) is 3.48. The number of aliphatic carboxylic acids is 1. The third-order valence-corrected chi connectivity index (χ3v) is 3.16. The average Bonchev–Trinajstić information content (AvgIpc) is 2.56. The number of aromatic amines is 1. The van der Waals surface area contributed by atoms with E-state index in [2.05, 4.69) is 9.97 Å². The maximum Gasteiger partial charge on any atom is 0.310 e. The molecule has 1 aromatic carbocycles. The fraction of sp³-hybridized carbons (Fsp3) is 0.333.